The van der Waals surface area contributed by atoms with Gasteiger partial charge in [-0.2, -0.15) is 0 Å². The molecule has 0 radical (unpaired) electrons. The summed E-state index contributed by atoms with van der Waals surface area (Å²) in [5.41, 5.74) is 0. The van der Waals surface area contributed by atoms with E-state index in [0.717, 1.165) is 0 Å². The van der Waals surface area contributed by atoms with Crippen molar-refractivity contribution in [3.63, 3.8) is 0 Å². The van der Waals surface area contributed by atoms with E-state index in [2.05, 4.69) is 4.60 Å². The van der Waals surface area contributed by atoms with E-state index < -0.39 is 11.4 Å². The average Bonchev–Trinajstić information content (AvgIpc) is 1.65. The molecule has 0 aliphatic carbocycles. The van der Waals surface area contributed by atoms with Crippen LogP contribution in [0.1, 0.15) is 0 Å². The zero-order chi connectivity index (χ0) is 4.99. The van der Waals surface area contributed by atoms with Gasteiger partial charge in [-0.1, -0.05) is 0 Å². The van der Waals surface area contributed by atoms with Crippen LogP contribution in [0.2, 0.25) is 0 Å². The maximum atomic E-state index is 9.92. The van der Waals surface area contributed by atoms with E-state index in [-0.39, 0.29) is 0 Å². The second-order valence-electron chi connectivity index (χ2n) is 0.371. The van der Waals surface area contributed by atoms with E-state index in [0.29, 0.717) is 49.6 Å². The maximum absolute atomic E-state index is 9.92. The molecule has 0 spiro atoms. The predicted molar refractivity (Wildman–Crippen MR) is 10.3 cm³/mol. The molecule has 0 fully saturated rings. The van der Waals surface area contributed by atoms with Crippen LogP contribution in [0.5, 0.6) is 0 Å². The van der Waals surface area contributed by atoms with Crippen LogP contribution in [0.25, 0.3) is 0 Å². The molecule has 0 aromatic rings. The predicted octanol–water partition coefficient (Wildman–Crippen LogP) is -0.478. The molecule has 6 heavy (non-hydrogen) atoms. The van der Waals surface area contributed by atoms with Gasteiger partial charge < -0.3 is 0 Å². The summed E-state index contributed by atoms with van der Waals surface area (Å²) < 4.78 is 18.6. The SMILES string of the molecule is O=S([O][Hf])[O][Hf]. The standard InChI is InChI=1S/2Hf.H2O3S/c;;1-4(2)3/h;;(H2,1,2,3)/q2*+1;/p-2. The van der Waals surface area contributed by atoms with Crippen LogP contribution in [0, 0.1) is 0 Å². The van der Waals surface area contributed by atoms with Crippen molar-refractivity contribution in [2.24, 2.45) is 0 Å². The van der Waals surface area contributed by atoms with Gasteiger partial charge in [-0.25, -0.2) is 0 Å². The van der Waals surface area contributed by atoms with E-state index in [9.17, 15) is 4.21 Å². The molecule has 6 heteroatoms. The van der Waals surface area contributed by atoms with E-state index in [1.54, 1.807) is 0 Å². The Morgan fingerprint density at radius 3 is 1.67 bits per heavy atom. The van der Waals surface area contributed by atoms with Crippen LogP contribution in [0.15, 0.2) is 0 Å². The molecular formula is Hf2O3S. The van der Waals surface area contributed by atoms with Crippen LogP contribution >= 0.6 is 0 Å². The van der Waals surface area contributed by atoms with Crippen LogP contribution in [-0.2, 0) is 65.6 Å². The van der Waals surface area contributed by atoms with Crippen LogP contribution < -0.4 is 0 Å². The fourth-order valence-corrected chi connectivity index (χ4v) is 3.42. The summed E-state index contributed by atoms with van der Waals surface area (Å²) in [7, 11) is 0. The number of hydrogen-bond acceptors (Lipinski definition) is 3. The molecule has 0 heterocycles. The first-order valence-corrected chi connectivity index (χ1v) is 4.84. The normalized spacial score (nSPS) is 9.17. The van der Waals surface area contributed by atoms with Crippen molar-refractivity contribution < 1.29 is 58.4 Å². The molecule has 0 saturated carbocycles. The second-order valence-corrected chi connectivity index (χ2v) is 4.71. The third-order valence-corrected chi connectivity index (χ3v) is 3.34. The third kappa shape index (κ3) is 3.98. The Balaban J connectivity index is 2.99. The zero-order valence-electron chi connectivity index (χ0n) is 2.63. The second kappa shape index (κ2) is 4.96. The molecule has 0 bridgehead atoms. The first-order valence-electron chi connectivity index (χ1n) is 0.908. The van der Waals surface area contributed by atoms with Gasteiger partial charge in [-0.3, -0.25) is 0 Å². The van der Waals surface area contributed by atoms with Gasteiger partial charge in [0.25, 0.3) is 0 Å². The summed E-state index contributed by atoms with van der Waals surface area (Å²) in [5, 5.41) is 0. The van der Waals surface area contributed by atoms with Crippen molar-refractivity contribution in [1.82, 2.24) is 0 Å². The zero-order valence-corrected chi connectivity index (χ0v) is 10.6. The fourth-order valence-electron chi connectivity index (χ4n) is 0.0170. The quantitative estimate of drug-likeness (QED) is 0.549. The molecule has 0 rings (SSSR count). The molecule has 0 saturated heterocycles. The summed E-state index contributed by atoms with van der Waals surface area (Å²) in [6.07, 6.45) is 0. The fraction of sp³-hybridized carbons (Fsp3) is 0. The van der Waals surface area contributed by atoms with E-state index in [1.165, 1.54) is 0 Å². The van der Waals surface area contributed by atoms with Gasteiger partial charge in [-0.15, -0.1) is 0 Å². The monoisotopic (exact) mass is 440 g/mol. The van der Waals surface area contributed by atoms with Gasteiger partial charge in [0, 0.05) is 0 Å². The Morgan fingerprint density at radius 1 is 1.33 bits per heavy atom. The third-order valence-electron chi connectivity index (χ3n) is 0.136. The van der Waals surface area contributed by atoms with Crippen molar-refractivity contribution in [3.05, 3.63) is 0 Å². The minimum atomic E-state index is -1.41. The molecule has 0 aromatic carbocycles. The van der Waals surface area contributed by atoms with Crippen molar-refractivity contribution >= 4 is 11.4 Å². The summed E-state index contributed by atoms with van der Waals surface area (Å²) in [4.78, 5) is 0. The van der Waals surface area contributed by atoms with Gasteiger partial charge >= 0.3 is 69.8 Å². The minimum absolute atomic E-state index is 0.480. The topological polar surface area (TPSA) is 35.5 Å². The summed E-state index contributed by atoms with van der Waals surface area (Å²) in [5.74, 6) is 0. The van der Waals surface area contributed by atoms with Gasteiger partial charge in [0.2, 0.25) is 0 Å². The van der Waals surface area contributed by atoms with Gasteiger partial charge in [0.1, 0.15) is 0 Å². The summed E-state index contributed by atoms with van der Waals surface area (Å²) in [6.45, 7) is 0. The van der Waals surface area contributed by atoms with Crippen LogP contribution in [0.3, 0.4) is 0 Å². The first-order chi connectivity index (χ1) is 2.81. The van der Waals surface area contributed by atoms with Gasteiger partial charge in [0.05, 0.1) is 0 Å². The Hall–Kier alpha value is 1.81. The Labute approximate surface area is 69.0 Å². The van der Waals surface area contributed by atoms with Crippen LogP contribution in [-0.4, -0.2) is 4.21 Å². The van der Waals surface area contributed by atoms with E-state index in [1.807, 2.05) is 0 Å². The Bertz CT molecular complexity index is 46.8. The number of hydrogen-bond donors (Lipinski definition) is 0. The molecule has 0 amide bonds. The van der Waals surface area contributed by atoms with Crippen molar-refractivity contribution in [2.75, 3.05) is 0 Å². The molecule has 32 valence electrons. The number of rotatable bonds is 2. The van der Waals surface area contributed by atoms with Gasteiger partial charge in [-0.05, 0) is 0 Å². The van der Waals surface area contributed by atoms with E-state index in [4.69, 9.17) is 0 Å². The molecule has 0 aliphatic rings. The molecule has 0 aromatic heterocycles. The molecule has 0 atom stereocenters. The molecule has 0 N–H and O–H groups in total. The molecule has 0 aliphatic heterocycles. The Kier molecular flexibility index (Phi) is 6.45. The summed E-state index contributed by atoms with van der Waals surface area (Å²) >= 11 is -0.451. The van der Waals surface area contributed by atoms with Crippen molar-refractivity contribution in [1.29, 1.82) is 0 Å². The molecule has 3 nitrogen and oxygen atoms in total. The van der Waals surface area contributed by atoms with E-state index >= 15 is 0 Å². The average molecular weight is 437 g/mol. The van der Waals surface area contributed by atoms with Crippen molar-refractivity contribution in [2.45, 2.75) is 0 Å². The summed E-state index contributed by atoms with van der Waals surface area (Å²) in [6, 6.07) is 0. The molecular weight excluding hydrogens is 437 g/mol. The Morgan fingerprint density at radius 2 is 1.67 bits per heavy atom. The van der Waals surface area contributed by atoms with Crippen LogP contribution in [0.4, 0.5) is 0 Å². The molecule has 0 unspecified atom stereocenters. The van der Waals surface area contributed by atoms with Gasteiger partial charge in [0.15, 0.2) is 0 Å². The first kappa shape index (κ1) is 7.81. The van der Waals surface area contributed by atoms with Crippen molar-refractivity contribution in [3.8, 4) is 0 Å².